The molecule has 0 aromatic carbocycles. The Kier molecular flexibility index (Phi) is 8.33. The van der Waals surface area contributed by atoms with Gasteiger partial charge in [0.25, 0.3) is 11.8 Å². The Morgan fingerprint density at radius 3 is 2.59 bits per heavy atom. The van der Waals surface area contributed by atoms with Gasteiger partial charge in [-0.05, 0) is 83.6 Å². The van der Waals surface area contributed by atoms with Crippen LogP contribution in [0.5, 0.6) is 0 Å². The van der Waals surface area contributed by atoms with Crippen LogP contribution in [0.2, 0.25) is 5.02 Å². The zero-order valence-electron chi connectivity index (χ0n) is 24.4. The fourth-order valence-corrected chi connectivity index (χ4v) is 7.86. The van der Waals surface area contributed by atoms with Gasteiger partial charge in [-0.15, -0.1) is 11.8 Å². The van der Waals surface area contributed by atoms with Crippen LogP contribution in [0.25, 0.3) is 11.0 Å². The third-order valence-corrected chi connectivity index (χ3v) is 10.5. The summed E-state index contributed by atoms with van der Waals surface area (Å²) in [4.78, 5) is 38.7. The van der Waals surface area contributed by atoms with E-state index in [1.54, 1.807) is 6.20 Å². The molecule has 2 aromatic heterocycles. The monoisotopic (exact) mass is 597 g/mol. The molecule has 1 N–H and O–H groups in total. The molecule has 4 aliphatic rings. The maximum absolute atomic E-state index is 13.7. The van der Waals surface area contributed by atoms with E-state index in [9.17, 15) is 9.59 Å². The van der Waals surface area contributed by atoms with Gasteiger partial charge in [-0.25, -0.2) is 9.98 Å². The Balaban J connectivity index is 1.16. The van der Waals surface area contributed by atoms with Gasteiger partial charge in [0.1, 0.15) is 5.65 Å². The lowest BCUT2D eigenvalue weighted by molar-refractivity contribution is -0.120. The summed E-state index contributed by atoms with van der Waals surface area (Å²) in [6.07, 6.45) is 13.7. The van der Waals surface area contributed by atoms with Crippen molar-refractivity contribution < 1.29 is 14.3 Å². The molecule has 4 heterocycles. The normalized spacial score (nSPS) is 26.5. The Morgan fingerprint density at radius 2 is 1.90 bits per heavy atom. The minimum Gasteiger partial charge on any atom is -0.372 e. The highest BCUT2D eigenvalue weighted by Gasteiger charge is 2.39. The van der Waals surface area contributed by atoms with Gasteiger partial charge >= 0.3 is 0 Å². The second-order valence-corrected chi connectivity index (χ2v) is 13.5. The standard InChI is InChI=1S/C31H40ClN5O3S/c1-17-11-27(41-4)26(30(38)35-17)14-34-31(39)28-19(3)37(29-25(28)12-21(32)13-33-29)18(2)20-5-7-22(8-6-20)36-15-24(16-36)40-23-9-10-23/h11-13,18,20,22-24,26H,5-10,14-16H2,1-4H3,(H,34,39)/t18-,20?,22?,26?/m1/s1. The van der Waals surface area contributed by atoms with Crippen LogP contribution in [0.4, 0.5) is 0 Å². The van der Waals surface area contributed by atoms with Gasteiger partial charge < -0.3 is 14.6 Å². The molecule has 2 atom stereocenters. The first-order valence-electron chi connectivity index (χ1n) is 14.9. The molecule has 2 aromatic rings. The summed E-state index contributed by atoms with van der Waals surface area (Å²) in [5.74, 6) is -0.397. The van der Waals surface area contributed by atoms with Crippen LogP contribution in [0.15, 0.2) is 28.2 Å². The summed E-state index contributed by atoms with van der Waals surface area (Å²) in [6.45, 7) is 8.44. The lowest BCUT2D eigenvalue weighted by atomic mass is 9.80. The molecule has 2 aliphatic heterocycles. The smallest absolute Gasteiger partial charge is 0.255 e. The highest BCUT2D eigenvalue weighted by molar-refractivity contribution is 8.02. The number of dihydropyridines is 1. The van der Waals surface area contributed by atoms with Crippen molar-refractivity contribution >= 4 is 51.9 Å². The molecule has 8 nitrogen and oxygen atoms in total. The molecule has 0 spiro atoms. The first-order valence-corrected chi connectivity index (χ1v) is 16.5. The summed E-state index contributed by atoms with van der Waals surface area (Å²) in [5, 5.41) is 4.27. The number of nitrogens with zero attached hydrogens (tertiary/aromatic N) is 4. The van der Waals surface area contributed by atoms with Crippen molar-refractivity contribution in [3.8, 4) is 0 Å². The molecule has 0 bridgehead atoms. The van der Waals surface area contributed by atoms with Gasteiger partial charge in [-0.2, -0.15) is 0 Å². The number of fused-ring (bicyclic) bond motifs is 1. The lowest BCUT2D eigenvalue weighted by Gasteiger charge is -2.47. The number of halogens is 1. The Morgan fingerprint density at radius 1 is 1.17 bits per heavy atom. The van der Waals surface area contributed by atoms with Crippen molar-refractivity contribution in [2.45, 2.75) is 83.6 Å². The van der Waals surface area contributed by atoms with Crippen molar-refractivity contribution in [3.63, 3.8) is 0 Å². The van der Waals surface area contributed by atoms with Gasteiger partial charge in [-0.1, -0.05) is 11.6 Å². The van der Waals surface area contributed by atoms with Gasteiger partial charge in [0, 0.05) is 59.6 Å². The van der Waals surface area contributed by atoms with Crippen molar-refractivity contribution in [1.82, 2.24) is 19.8 Å². The summed E-state index contributed by atoms with van der Waals surface area (Å²) in [6, 6.07) is 2.68. The number of aliphatic imine (C=N–C) groups is 1. The molecule has 2 amide bonds. The van der Waals surface area contributed by atoms with E-state index in [0.29, 0.717) is 40.5 Å². The van der Waals surface area contributed by atoms with Gasteiger partial charge in [-0.3, -0.25) is 14.5 Å². The number of amides is 2. The number of thioether (sulfide) groups is 1. The topological polar surface area (TPSA) is 88.8 Å². The van der Waals surface area contributed by atoms with Crippen molar-refractivity contribution in [1.29, 1.82) is 0 Å². The van der Waals surface area contributed by atoms with E-state index in [4.69, 9.17) is 21.3 Å². The van der Waals surface area contributed by atoms with E-state index in [-0.39, 0.29) is 24.4 Å². The summed E-state index contributed by atoms with van der Waals surface area (Å²) in [7, 11) is 0. The van der Waals surface area contributed by atoms with Crippen LogP contribution in [-0.4, -0.2) is 76.1 Å². The minimum absolute atomic E-state index is 0.194. The van der Waals surface area contributed by atoms with Gasteiger partial charge in [0.2, 0.25) is 0 Å². The van der Waals surface area contributed by atoms with Crippen LogP contribution in [0.3, 0.4) is 0 Å². The molecule has 0 radical (unpaired) electrons. The maximum Gasteiger partial charge on any atom is 0.255 e. The molecule has 3 fully saturated rings. The molecule has 2 saturated carbocycles. The number of rotatable bonds is 9. The number of nitrogens with one attached hydrogen (secondary N) is 1. The largest absolute Gasteiger partial charge is 0.372 e. The zero-order chi connectivity index (χ0) is 28.8. The molecule has 41 heavy (non-hydrogen) atoms. The van der Waals surface area contributed by atoms with Crippen LogP contribution < -0.4 is 5.32 Å². The predicted molar refractivity (Wildman–Crippen MR) is 165 cm³/mol. The molecule has 10 heteroatoms. The highest BCUT2D eigenvalue weighted by atomic mass is 35.5. The number of pyridine rings is 1. The number of carbonyl (C=O) groups is 2. The fourth-order valence-electron chi connectivity index (χ4n) is 6.94. The van der Waals surface area contributed by atoms with Crippen molar-refractivity contribution in [3.05, 3.63) is 39.5 Å². The quantitative estimate of drug-likeness (QED) is 0.406. The van der Waals surface area contributed by atoms with Crippen LogP contribution in [0, 0.1) is 18.8 Å². The van der Waals surface area contributed by atoms with E-state index in [0.717, 1.165) is 47.6 Å². The van der Waals surface area contributed by atoms with Crippen LogP contribution in [0.1, 0.15) is 74.5 Å². The molecular weight excluding hydrogens is 558 g/mol. The van der Waals surface area contributed by atoms with E-state index < -0.39 is 5.92 Å². The summed E-state index contributed by atoms with van der Waals surface area (Å²) < 4.78 is 8.31. The summed E-state index contributed by atoms with van der Waals surface area (Å²) >= 11 is 7.89. The number of likely N-dealkylation sites (tertiary alicyclic amines) is 1. The van der Waals surface area contributed by atoms with E-state index >= 15 is 0 Å². The Hall–Kier alpha value is -2.20. The van der Waals surface area contributed by atoms with E-state index in [2.05, 4.69) is 26.7 Å². The van der Waals surface area contributed by atoms with Crippen LogP contribution >= 0.6 is 23.4 Å². The zero-order valence-corrected chi connectivity index (χ0v) is 25.9. The van der Waals surface area contributed by atoms with Crippen molar-refractivity contribution in [2.75, 3.05) is 25.9 Å². The summed E-state index contributed by atoms with van der Waals surface area (Å²) in [5.41, 5.74) is 2.94. The third-order valence-electron chi connectivity index (χ3n) is 9.40. The fraction of sp³-hybridized carbons (Fsp3) is 0.613. The molecular formula is C31H40ClN5O3S. The van der Waals surface area contributed by atoms with Gasteiger partial charge in [0.05, 0.1) is 28.7 Å². The number of hydrogen-bond acceptors (Lipinski definition) is 6. The molecule has 1 unspecified atom stereocenters. The number of allylic oxidation sites excluding steroid dienone is 1. The first-order chi connectivity index (χ1) is 19.7. The second kappa shape index (κ2) is 11.8. The average molecular weight is 598 g/mol. The number of hydrogen-bond donors (Lipinski definition) is 1. The second-order valence-electron chi connectivity index (χ2n) is 12.2. The first kappa shape index (κ1) is 28.9. The Bertz CT molecular complexity index is 1400. The molecule has 2 aliphatic carbocycles. The number of carbonyl (C=O) groups excluding carboxylic acids is 2. The maximum atomic E-state index is 13.7. The van der Waals surface area contributed by atoms with Crippen molar-refractivity contribution in [2.24, 2.45) is 16.8 Å². The van der Waals surface area contributed by atoms with Gasteiger partial charge in [0.15, 0.2) is 0 Å². The van der Waals surface area contributed by atoms with E-state index in [1.165, 1.54) is 37.4 Å². The highest BCUT2D eigenvalue weighted by Crippen LogP contribution is 2.40. The SMILES string of the molecule is CSC1=CC(C)=NC(=O)C1CNC(=O)c1c(C)n([C@H](C)C2CCC(N3CC(OC4CC4)C3)CC2)c2ncc(Cl)cc12. The molecule has 220 valence electrons. The van der Waals surface area contributed by atoms with E-state index in [1.807, 2.05) is 32.2 Å². The number of ether oxygens (including phenoxy) is 1. The third kappa shape index (κ3) is 5.88. The average Bonchev–Trinajstić information content (AvgIpc) is 3.70. The van der Waals surface area contributed by atoms with Crippen LogP contribution in [-0.2, 0) is 9.53 Å². The lowest BCUT2D eigenvalue weighted by Crippen LogP contribution is -2.57. The molecule has 1 saturated heterocycles. The number of aromatic nitrogens is 2. The Labute approximate surface area is 251 Å². The minimum atomic E-state index is -0.468. The predicted octanol–water partition coefficient (Wildman–Crippen LogP) is 5.58. The molecule has 6 rings (SSSR count).